The summed E-state index contributed by atoms with van der Waals surface area (Å²) in [5.74, 6) is -0.419. The minimum Gasteiger partial charge on any atom is -0.195 e. The summed E-state index contributed by atoms with van der Waals surface area (Å²) in [6.07, 6.45) is 5.73. The Morgan fingerprint density at radius 2 is 1.04 bits per heavy atom. The number of hydrogen-bond donors (Lipinski definition) is 0. The fourth-order valence-electron chi connectivity index (χ4n) is 4.25. The minimum absolute atomic E-state index is 0.223. The maximum atomic E-state index is 5.97. The van der Waals surface area contributed by atoms with Crippen molar-refractivity contribution in [3.05, 3.63) is 24.3 Å². The topological polar surface area (TPSA) is 36.9 Å². The van der Waals surface area contributed by atoms with E-state index in [-0.39, 0.29) is 11.8 Å². The SMILES string of the molecule is C=C(C)[C@@H]1CC[C@@H](C)C2(C1)OOC1(C[C@H](C(=C)C)CC[C@H]1C)OO2. The molecule has 0 radical (unpaired) electrons. The molecule has 3 rings (SSSR count). The molecule has 0 bridgehead atoms. The van der Waals surface area contributed by atoms with Gasteiger partial charge in [-0.15, -0.1) is 0 Å². The average Bonchev–Trinajstić information content (AvgIpc) is 2.55. The van der Waals surface area contributed by atoms with Crippen molar-refractivity contribution in [1.82, 2.24) is 0 Å². The normalized spacial score (nSPS) is 46.2. The van der Waals surface area contributed by atoms with Crippen LogP contribution in [0.3, 0.4) is 0 Å². The quantitative estimate of drug-likeness (QED) is 0.505. The van der Waals surface area contributed by atoms with Gasteiger partial charge >= 0.3 is 0 Å². The zero-order valence-electron chi connectivity index (χ0n) is 15.6. The molecule has 0 unspecified atom stereocenters. The highest BCUT2D eigenvalue weighted by molar-refractivity contribution is 5.04. The summed E-state index contributed by atoms with van der Waals surface area (Å²) < 4.78 is 0. The lowest BCUT2D eigenvalue weighted by atomic mass is 9.75. The van der Waals surface area contributed by atoms with Gasteiger partial charge in [-0.25, -0.2) is 0 Å². The van der Waals surface area contributed by atoms with E-state index >= 15 is 0 Å². The van der Waals surface area contributed by atoms with Gasteiger partial charge in [-0.05, 0) is 51.4 Å². The molecule has 0 amide bonds. The molecule has 2 aliphatic carbocycles. The molecule has 3 fully saturated rings. The van der Waals surface area contributed by atoms with E-state index in [2.05, 4.69) is 40.9 Å². The number of hydrogen-bond acceptors (Lipinski definition) is 4. The highest BCUT2D eigenvalue weighted by atomic mass is 17.4. The molecule has 4 nitrogen and oxygen atoms in total. The van der Waals surface area contributed by atoms with E-state index in [1.807, 2.05) is 0 Å². The van der Waals surface area contributed by atoms with Crippen LogP contribution in [-0.2, 0) is 19.6 Å². The van der Waals surface area contributed by atoms with Crippen LogP contribution in [0.2, 0.25) is 0 Å². The van der Waals surface area contributed by atoms with Crippen molar-refractivity contribution in [3.63, 3.8) is 0 Å². The van der Waals surface area contributed by atoms with Gasteiger partial charge in [-0.3, -0.25) is 0 Å². The standard InChI is InChI=1S/C20H32O4/c1-13(2)17-9-7-15(5)19(11-17)21-23-20(24-22-19)12-18(14(3)4)10-8-16(20)6/h15-18H,1,3,7-12H2,2,4-6H3/t15-,16-,17-,18-,19?,20?/m1/s1. The first kappa shape index (κ1) is 18.1. The molecule has 0 aromatic heterocycles. The average molecular weight is 336 g/mol. The van der Waals surface area contributed by atoms with E-state index in [0.717, 1.165) is 38.5 Å². The Kier molecular flexibility index (Phi) is 4.95. The van der Waals surface area contributed by atoms with Gasteiger partial charge in [0.05, 0.1) is 0 Å². The van der Waals surface area contributed by atoms with Crippen molar-refractivity contribution in [2.45, 2.75) is 77.8 Å². The van der Waals surface area contributed by atoms with E-state index in [9.17, 15) is 0 Å². The van der Waals surface area contributed by atoms with Crippen molar-refractivity contribution in [2.24, 2.45) is 23.7 Å². The summed E-state index contributed by atoms with van der Waals surface area (Å²) >= 11 is 0. The zero-order chi connectivity index (χ0) is 17.5. The first-order valence-corrected chi connectivity index (χ1v) is 9.32. The molecule has 0 N–H and O–H groups in total. The van der Waals surface area contributed by atoms with Crippen molar-refractivity contribution in [3.8, 4) is 0 Å². The molecule has 3 aliphatic rings. The summed E-state index contributed by atoms with van der Waals surface area (Å²) in [4.78, 5) is 23.9. The van der Waals surface area contributed by atoms with E-state index in [1.165, 1.54) is 11.1 Å². The van der Waals surface area contributed by atoms with Crippen LogP contribution in [0.5, 0.6) is 0 Å². The number of allylic oxidation sites excluding steroid dienone is 2. The van der Waals surface area contributed by atoms with Crippen molar-refractivity contribution in [2.75, 3.05) is 0 Å². The lowest BCUT2D eigenvalue weighted by Gasteiger charge is -2.52. The maximum Gasteiger partial charge on any atom is 0.237 e. The minimum atomic E-state index is -0.816. The van der Waals surface area contributed by atoms with Gasteiger partial charge in [0.25, 0.3) is 0 Å². The summed E-state index contributed by atoms with van der Waals surface area (Å²) in [6, 6.07) is 0. The van der Waals surface area contributed by atoms with Crippen LogP contribution in [0.25, 0.3) is 0 Å². The Balaban J connectivity index is 1.73. The predicted molar refractivity (Wildman–Crippen MR) is 92.4 cm³/mol. The van der Waals surface area contributed by atoms with Gasteiger partial charge in [0, 0.05) is 24.7 Å². The molecule has 1 aliphatic heterocycles. The third-order valence-corrected chi connectivity index (χ3v) is 6.50. The van der Waals surface area contributed by atoms with Gasteiger partial charge < -0.3 is 0 Å². The molecule has 2 spiro atoms. The van der Waals surface area contributed by atoms with Gasteiger partial charge in [-0.1, -0.05) is 38.2 Å². The Hall–Kier alpha value is -0.680. The molecule has 4 atom stereocenters. The number of rotatable bonds is 2. The van der Waals surface area contributed by atoms with Gasteiger partial charge in [-0.2, -0.15) is 19.6 Å². The Bertz CT molecular complexity index is 458. The summed E-state index contributed by atoms with van der Waals surface area (Å²) in [7, 11) is 0. The molecule has 136 valence electrons. The molecule has 0 aromatic carbocycles. The third kappa shape index (κ3) is 3.10. The van der Waals surface area contributed by atoms with Gasteiger partial charge in [0.15, 0.2) is 0 Å². The van der Waals surface area contributed by atoms with Crippen LogP contribution in [0.1, 0.15) is 66.2 Å². The third-order valence-electron chi connectivity index (χ3n) is 6.50. The van der Waals surface area contributed by atoms with Crippen molar-refractivity contribution >= 4 is 0 Å². The smallest absolute Gasteiger partial charge is 0.195 e. The molecule has 1 saturated heterocycles. The fourth-order valence-corrected chi connectivity index (χ4v) is 4.25. The Labute approximate surface area is 146 Å². The molecular weight excluding hydrogens is 304 g/mol. The second-order valence-electron chi connectivity index (χ2n) is 8.41. The summed E-state index contributed by atoms with van der Waals surface area (Å²) in [6.45, 7) is 16.6. The zero-order valence-corrected chi connectivity index (χ0v) is 15.6. The molecule has 24 heavy (non-hydrogen) atoms. The molecular formula is C20H32O4. The molecule has 1 heterocycles. The van der Waals surface area contributed by atoms with Crippen molar-refractivity contribution in [1.29, 1.82) is 0 Å². The van der Waals surface area contributed by atoms with Crippen molar-refractivity contribution < 1.29 is 19.6 Å². The lowest BCUT2D eigenvalue weighted by molar-refractivity contribution is -0.676. The van der Waals surface area contributed by atoms with E-state index in [1.54, 1.807) is 0 Å². The lowest BCUT2D eigenvalue weighted by Crippen LogP contribution is -2.59. The maximum absolute atomic E-state index is 5.97. The molecule has 0 aromatic rings. The highest BCUT2D eigenvalue weighted by Crippen LogP contribution is 2.51. The van der Waals surface area contributed by atoms with Crippen LogP contribution >= 0.6 is 0 Å². The van der Waals surface area contributed by atoms with Crippen LogP contribution in [-0.4, -0.2) is 11.6 Å². The van der Waals surface area contributed by atoms with E-state index in [0.29, 0.717) is 11.8 Å². The van der Waals surface area contributed by atoms with Crippen LogP contribution < -0.4 is 0 Å². The summed E-state index contributed by atoms with van der Waals surface area (Å²) in [5.41, 5.74) is 2.34. The predicted octanol–water partition coefficient (Wildman–Crippen LogP) is 5.31. The monoisotopic (exact) mass is 336 g/mol. The second-order valence-corrected chi connectivity index (χ2v) is 8.41. The first-order chi connectivity index (χ1) is 11.3. The van der Waals surface area contributed by atoms with E-state index < -0.39 is 11.6 Å². The first-order valence-electron chi connectivity index (χ1n) is 9.32. The van der Waals surface area contributed by atoms with Crippen LogP contribution in [0.4, 0.5) is 0 Å². The van der Waals surface area contributed by atoms with Crippen LogP contribution in [0, 0.1) is 23.7 Å². The van der Waals surface area contributed by atoms with E-state index in [4.69, 9.17) is 19.6 Å². The van der Waals surface area contributed by atoms with Gasteiger partial charge in [0.1, 0.15) is 0 Å². The Morgan fingerprint density at radius 3 is 1.33 bits per heavy atom. The largest absolute Gasteiger partial charge is 0.237 e. The fraction of sp³-hybridized carbons (Fsp3) is 0.800. The summed E-state index contributed by atoms with van der Waals surface area (Å²) in [5, 5.41) is 0. The van der Waals surface area contributed by atoms with Crippen LogP contribution in [0.15, 0.2) is 24.3 Å². The Morgan fingerprint density at radius 1 is 0.708 bits per heavy atom. The molecule has 2 saturated carbocycles. The van der Waals surface area contributed by atoms with Gasteiger partial charge in [0.2, 0.25) is 11.6 Å². The highest BCUT2D eigenvalue weighted by Gasteiger charge is 2.57. The molecule has 4 heteroatoms. The second kappa shape index (κ2) is 6.56.